The zero-order valence-corrected chi connectivity index (χ0v) is 11.2. The molecule has 1 atom stereocenters. The van der Waals surface area contributed by atoms with E-state index in [1.54, 1.807) is 0 Å². The van der Waals surface area contributed by atoms with Crippen molar-refractivity contribution in [2.75, 3.05) is 12.4 Å². The summed E-state index contributed by atoms with van der Waals surface area (Å²) in [6.07, 6.45) is -0.288. The first-order valence-corrected chi connectivity index (χ1v) is 6.09. The molecule has 1 unspecified atom stereocenters. The molecular weight excluding hydrogens is 289 g/mol. The first kappa shape index (κ1) is 14.3. The summed E-state index contributed by atoms with van der Waals surface area (Å²) in [6.45, 7) is 0. The van der Waals surface area contributed by atoms with Crippen molar-refractivity contribution in [2.24, 2.45) is 5.92 Å². The van der Waals surface area contributed by atoms with E-state index < -0.39 is 29.5 Å². The smallest absolute Gasteiger partial charge is 0.253 e. The van der Waals surface area contributed by atoms with E-state index in [1.807, 2.05) is 0 Å². The minimum Gasteiger partial charge on any atom is -0.326 e. The molecule has 8 heteroatoms. The molecule has 2 rings (SSSR count). The SMILES string of the molecule is CN1NC(=O)C(CC(=O)Nc2ccc(F)c(Cl)c2)C1=O. The molecule has 2 N–H and O–H groups in total. The van der Waals surface area contributed by atoms with Crippen LogP contribution in [0.4, 0.5) is 10.1 Å². The van der Waals surface area contributed by atoms with Gasteiger partial charge >= 0.3 is 0 Å². The zero-order chi connectivity index (χ0) is 14.9. The van der Waals surface area contributed by atoms with Gasteiger partial charge in [-0.05, 0) is 18.2 Å². The van der Waals surface area contributed by atoms with Crippen molar-refractivity contribution in [1.29, 1.82) is 0 Å². The summed E-state index contributed by atoms with van der Waals surface area (Å²) in [5.74, 6) is -3.17. The Morgan fingerprint density at radius 3 is 2.75 bits per heavy atom. The Hall–Kier alpha value is -2.15. The predicted octanol–water partition coefficient (Wildman–Crippen LogP) is 0.927. The van der Waals surface area contributed by atoms with Crippen molar-refractivity contribution >= 4 is 35.0 Å². The average Bonchev–Trinajstić information content (AvgIpc) is 2.61. The molecule has 106 valence electrons. The van der Waals surface area contributed by atoms with E-state index in [2.05, 4.69) is 10.7 Å². The van der Waals surface area contributed by atoms with E-state index in [9.17, 15) is 18.8 Å². The second kappa shape index (κ2) is 5.46. The number of nitrogens with one attached hydrogen (secondary N) is 2. The average molecular weight is 300 g/mol. The number of halogens is 2. The maximum Gasteiger partial charge on any atom is 0.253 e. The Balaban J connectivity index is 2.00. The van der Waals surface area contributed by atoms with Crippen molar-refractivity contribution in [2.45, 2.75) is 6.42 Å². The highest BCUT2D eigenvalue weighted by molar-refractivity contribution is 6.31. The molecule has 6 nitrogen and oxygen atoms in total. The third kappa shape index (κ3) is 2.88. The number of carbonyl (C=O) groups excluding carboxylic acids is 3. The molecular formula is C12H11ClFN3O3. The van der Waals surface area contributed by atoms with Gasteiger partial charge in [-0.2, -0.15) is 0 Å². The lowest BCUT2D eigenvalue weighted by atomic mass is 10.0. The second-order valence-electron chi connectivity index (χ2n) is 4.31. The number of hydrazine groups is 1. The highest BCUT2D eigenvalue weighted by Crippen LogP contribution is 2.20. The summed E-state index contributed by atoms with van der Waals surface area (Å²) >= 11 is 5.58. The minimum atomic E-state index is -1.05. The van der Waals surface area contributed by atoms with Gasteiger partial charge in [0, 0.05) is 19.2 Å². The van der Waals surface area contributed by atoms with Gasteiger partial charge in [-0.25, -0.2) is 4.39 Å². The molecule has 0 aromatic heterocycles. The Morgan fingerprint density at radius 1 is 1.50 bits per heavy atom. The number of benzene rings is 1. The van der Waals surface area contributed by atoms with Gasteiger partial charge in [0.2, 0.25) is 5.91 Å². The van der Waals surface area contributed by atoms with Crippen LogP contribution in [0.5, 0.6) is 0 Å². The molecule has 3 amide bonds. The predicted molar refractivity (Wildman–Crippen MR) is 69.1 cm³/mol. The minimum absolute atomic E-state index is 0.128. The maximum atomic E-state index is 13.0. The van der Waals surface area contributed by atoms with E-state index in [-0.39, 0.29) is 11.4 Å². The van der Waals surface area contributed by atoms with E-state index in [1.165, 1.54) is 19.2 Å². The van der Waals surface area contributed by atoms with Gasteiger partial charge in [0.1, 0.15) is 11.7 Å². The number of hydrogen-bond acceptors (Lipinski definition) is 3. The monoisotopic (exact) mass is 299 g/mol. The maximum absolute atomic E-state index is 13.0. The van der Waals surface area contributed by atoms with Crippen molar-refractivity contribution < 1.29 is 18.8 Å². The van der Waals surface area contributed by atoms with Gasteiger partial charge in [-0.1, -0.05) is 11.6 Å². The van der Waals surface area contributed by atoms with Crippen LogP contribution in [0.3, 0.4) is 0 Å². The van der Waals surface area contributed by atoms with Crippen molar-refractivity contribution in [1.82, 2.24) is 10.4 Å². The molecule has 1 saturated heterocycles. The Labute approximate surface area is 118 Å². The summed E-state index contributed by atoms with van der Waals surface area (Å²) in [4.78, 5) is 34.8. The van der Waals surface area contributed by atoms with Crippen LogP contribution in [-0.2, 0) is 14.4 Å². The zero-order valence-electron chi connectivity index (χ0n) is 10.4. The molecule has 1 fully saturated rings. The van der Waals surface area contributed by atoms with Crippen molar-refractivity contribution in [3.8, 4) is 0 Å². The molecule has 0 aliphatic carbocycles. The molecule has 1 heterocycles. The molecule has 1 aliphatic rings. The van der Waals surface area contributed by atoms with Crippen LogP contribution < -0.4 is 10.7 Å². The quantitative estimate of drug-likeness (QED) is 0.815. The number of carbonyl (C=O) groups is 3. The first-order chi connectivity index (χ1) is 9.38. The summed E-state index contributed by atoms with van der Waals surface area (Å²) in [5, 5.41) is 3.36. The van der Waals surface area contributed by atoms with Crippen LogP contribution in [0, 0.1) is 11.7 Å². The van der Waals surface area contributed by atoms with E-state index in [0.29, 0.717) is 5.69 Å². The Bertz CT molecular complexity index is 593. The number of anilines is 1. The topological polar surface area (TPSA) is 78.5 Å². The lowest BCUT2D eigenvalue weighted by molar-refractivity contribution is -0.134. The molecule has 1 aromatic carbocycles. The number of amides is 3. The lowest BCUT2D eigenvalue weighted by Gasteiger charge is -2.08. The van der Waals surface area contributed by atoms with E-state index in [0.717, 1.165) is 11.1 Å². The van der Waals surface area contributed by atoms with Gasteiger partial charge in [-0.3, -0.25) is 24.8 Å². The van der Waals surface area contributed by atoms with Gasteiger partial charge in [0.05, 0.1) is 5.02 Å². The summed E-state index contributed by atoms with van der Waals surface area (Å²) in [7, 11) is 1.40. The van der Waals surface area contributed by atoms with E-state index in [4.69, 9.17) is 11.6 Å². The van der Waals surface area contributed by atoms with Gasteiger partial charge in [0.15, 0.2) is 0 Å². The van der Waals surface area contributed by atoms with Crippen LogP contribution in [0.15, 0.2) is 18.2 Å². The van der Waals surface area contributed by atoms with Gasteiger partial charge < -0.3 is 5.32 Å². The molecule has 1 aromatic rings. The third-order valence-electron chi connectivity index (χ3n) is 2.82. The number of rotatable bonds is 3. The standard InChI is InChI=1S/C12H11ClFN3O3/c1-17-12(20)7(11(19)16-17)5-10(18)15-6-2-3-9(14)8(13)4-6/h2-4,7H,5H2,1H3,(H,15,18)(H,16,19). The lowest BCUT2D eigenvalue weighted by Crippen LogP contribution is -2.31. The molecule has 0 saturated carbocycles. The normalized spacial score (nSPS) is 18.1. The Kier molecular flexibility index (Phi) is 3.89. The van der Waals surface area contributed by atoms with Gasteiger partial charge in [-0.15, -0.1) is 0 Å². The fraction of sp³-hybridized carbons (Fsp3) is 0.250. The van der Waals surface area contributed by atoms with Crippen LogP contribution >= 0.6 is 11.6 Å². The van der Waals surface area contributed by atoms with Crippen molar-refractivity contribution in [3.63, 3.8) is 0 Å². The largest absolute Gasteiger partial charge is 0.326 e. The fourth-order valence-electron chi connectivity index (χ4n) is 1.80. The van der Waals surface area contributed by atoms with Gasteiger partial charge in [0.25, 0.3) is 11.8 Å². The summed E-state index contributed by atoms with van der Waals surface area (Å²) < 4.78 is 13.0. The van der Waals surface area contributed by atoms with Crippen LogP contribution in [-0.4, -0.2) is 29.8 Å². The number of hydrogen-bond donors (Lipinski definition) is 2. The molecule has 0 spiro atoms. The second-order valence-corrected chi connectivity index (χ2v) is 4.71. The highest BCUT2D eigenvalue weighted by Gasteiger charge is 2.38. The Morgan fingerprint density at radius 2 is 2.20 bits per heavy atom. The summed E-state index contributed by atoms with van der Waals surface area (Å²) in [5.41, 5.74) is 2.59. The highest BCUT2D eigenvalue weighted by atomic mass is 35.5. The number of nitrogens with zero attached hydrogens (tertiary/aromatic N) is 1. The summed E-state index contributed by atoms with van der Waals surface area (Å²) in [6, 6.07) is 3.69. The fourth-order valence-corrected chi connectivity index (χ4v) is 1.98. The first-order valence-electron chi connectivity index (χ1n) is 5.71. The van der Waals surface area contributed by atoms with E-state index >= 15 is 0 Å². The van der Waals surface area contributed by atoms with Crippen molar-refractivity contribution in [3.05, 3.63) is 29.0 Å². The molecule has 1 aliphatic heterocycles. The molecule has 0 radical (unpaired) electrons. The molecule has 20 heavy (non-hydrogen) atoms. The van der Waals surface area contributed by atoms with Crippen LogP contribution in [0.25, 0.3) is 0 Å². The van der Waals surface area contributed by atoms with Crippen LogP contribution in [0.2, 0.25) is 5.02 Å². The van der Waals surface area contributed by atoms with Crippen LogP contribution in [0.1, 0.15) is 6.42 Å². The third-order valence-corrected chi connectivity index (χ3v) is 3.11. The molecule has 0 bridgehead atoms.